The first-order chi connectivity index (χ1) is 7.70. The van der Waals surface area contributed by atoms with Crippen LogP contribution in [-0.4, -0.2) is 12.5 Å². The molecule has 0 radical (unpaired) electrons. The molecule has 1 aliphatic rings. The SMILES string of the molecule is C=CC(=O)N[C@H](C)c1ccc2c(c1)CCO2. The van der Waals surface area contributed by atoms with E-state index in [1.54, 1.807) is 0 Å². The van der Waals surface area contributed by atoms with Gasteiger partial charge in [-0.05, 0) is 36.3 Å². The number of amides is 1. The van der Waals surface area contributed by atoms with E-state index >= 15 is 0 Å². The van der Waals surface area contributed by atoms with Crippen LogP contribution < -0.4 is 10.1 Å². The highest BCUT2D eigenvalue weighted by atomic mass is 16.5. The summed E-state index contributed by atoms with van der Waals surface area (Å²) in [4.78, 5) is 11.2. The quantitative estimate of drug-likeness (QED) is 0.786. The lowest BCUT2D eigenvalue weighted by Gasteiger charge is -2.13. The van der Waals surface area contributed by atoms with E-state index < -0.39 is 0 Å². The fraction of sp³-hybridized carbons (Fsp3) is 0.308. The van der Waals surface area contributed by atoms with Gasteiger partial charge in [-0.15, -0.1) is 0 Å². The number of nitrogens with one attached hydrogen (secondary N) is 1. The van der Waals surface area contributed by atoms with Crippen LogP contribution in [0.5, 0.6) is 5.75 Å². The molecule has 1 N–H and O–H groups in total. The Morgan fingerprint density at radius 1 is 1.62 bits per heavy atom. The van der Waals surface area contributed by atoms with Gasteiger partial charge < -0.3 is 10.1 Å². The first-order valence-electron chi connectivity index (χ1n) is 5.39. The topological polar surface area (TPSA) is 38.3 Å². The lowest BCUT2D eigenvalue weighted by molar-refractivity contribution is -0.117. The average Bonchev–Trinajstić information content (AvgIpc) is 2.75. The second-order valence-electron chi connectivity index (χ2n) is 3.90. The molecule has 0 saturated heterocycles. The first-order valence-corrected chi connectivity index (χ1v) is 5.39. The van der Waals surface area contributed by atoms with Gasteiger partial charge in [-0.3, -0.25) is 4.79 Å². The number of ether oxygens (including phenoxy) is 1. The van der Waals surface area contributed by atoms with Crippen LogP contribution in [0, 0.1) is 0 Å². The summed E-state index contributed by atoms with van der Waals surface area (Å²) < 4.78 is 5.43. The van der Waals surface area contributed by atoms with Gasteiger partial charge in [0.25, 0.3) is 0 Å². The van der Waals surface area contributed by atoms with Gasteiger partial charge in [0.2, 0.25) is 5.91 Å². The van der Waals surface area contributed by atoms with E-state index in [0.717, 1.165) is 24.3 Å². The van der Waals surface area contributed by atoms with Gasteiger partial charge in [0.05, 0.1) is 12.6 Å². The number of carbonyl (C=O) groups excluding carboxylic acids is 1. The van der Waals surface area contributed by atoms with E-state index in [4.69, 9.17) is 4.74 Å². The minimum atomic E-state index is -0.149. The Balaban J connectivity index is 2.14. The maximum atomic E-state index is 11.2. The summed E-state index contributed by atoms with van der Waals surface area (Å²) in [6, 6.07) is 6.04. The third-order valence-corrected chi connectivity index (χ3v) is 2.76. The van der Waals surface area contributed by atoms with Crippen LogP contribution in [-0.2, 0) is 11.2 Å². The summed E-state index contributed by atoms with van der Waals surface area (Å²) in [7, 11) is 0. The number of fused-ring (bicyclic) bond motifs is 1. The van der Waals surface area contributed by atoms with Crippen molar-refractivity contribution >= 4 is 5.91 Å². The molecule has 1 aliphatic heterocycles. The van der Waals surface area contributed by atoms with Gasteiger partial charge in [0, 0.05) is 6.42 Å². The number of benzene rings is 1. The fourth-order valence-corrected chi connectivity index (χ4v) is 1.83. The molecule has 0 bridgehead atoms. The number of rotatable bonds is 3. The van der Waals surface area contributed by atoms with Crippen molar-refractivity contribution < 1.29 is 9.53 Å². The molecule has 0 spiro atoms. The van der Waals surface area contributed by atoms with E-state index in [0.29, 0.717) is 0 Å². The summed E-state index contributed by atoms with van der Waals surface area (Å²) >= 11 is 0. The Bertz CT molecular complexity index is 426. The molecule has 0 saturated carbocycles. The van der Waals surface area contributed by atoms with Crippen LogP contribution in [0.2, 0.25) is 0 Å². The van der Waals surface area contributed by atoms with Crippen LogP contribution in [0.4, 0.5) is 0 Å². The van der Waals surface area contributed by atoms with E-state index in [1.807, 2.05) is 19.1 Å². The highest BCUT2D eigenvalue weighted by Crippen LogP contribution is 2.27. The highest BCUT2D eigenvalue weighted by Gasteiger charge is 2.14. The molecule has 3 heteroatoms. The summed E-state index contributed by atoms with van der Waals surface area (Å²) in [6.45, 7) is 6.15. The molecule has 16 heavy (non-hydrogen) atoms. The van der Waals surface area contributed by atoms with Crippen molar-refractivity contribution in [1.82, 2.24) is 5.32 Å². The lowest BCUT2D eigenvalue weighted by Crippen LogP contribution is -2.24. The van der Waals surface area contributed by atoms with Crippen molar-refractivity contribution in [2.75, 3.05) is 6.61 Å². The Labute approximate surface area is 95.1 Å². The molecule has 1 atom stereocenters. The molecule has 0 fully saturated rings. The Morgan fingerprint density at radius 2 is 2.44 bits per heavy atom. The molecule has 0 aliphatic carbocycles. The minimum Gasteiger partial charge on any atom is -0.493 e. The molecule has 84 valence electrons. The predicted octanol–water partition coefficient (Wildman–Crippen LogP) is 1.98. The number of carbonyl (C=O) groups is 1. The predicted molar refractivity (Wildman–Crippen MR) is 62.4 cm³/mol. The van der Waals surface area contributed by atoms with Gasteiger partial charge >= 0.3 is 0 Å². The maximum Gasteiger partial charge on any atom is 0.243 e. The summed E-state index contributed by atoms with van der Waals surface area (Å²) in [5, 5.41) is 2.84. The molecule has 0 aromatic heterocycles. The molecule has 0 unspecified atom stereocenters. The van der Waals surface area contributed by atoms with Crippen molar-refractivity contribution in [3.63, 3.8) is 0 Å². The number of hydrogen-bond donors (Lipinski definition) is 1. The zero-order valence-corrected chi connectivity index (χ0v) is 9.32. The van der Waals surface area contributed by atoms with Crippen LogP contribution in [0.1, 0.15) is 24.1 Å². The second-order valence-corrected chi connectivity index (χ2v) is 3.90. The third-order valence-electron chi connectivity index (χ3n) is 2.76. The van der Waals surface area contributed by atoms with Crippen molar-refractivity contribution in [2.45, 2.75) is 19.4 Å². The van der Waals surface area contributed by atoms with Crippen LogP contribution >= 0.6 is 0 Å². The molecule has 1 aromatic carbocycles. The highest BCUT2D eigenvalue weighted by molar-refractivity contribution is 5.87. The molecule has 1 aromatic rings. The first kappa shape index (κ1) is 10.7. The van der Waals surface area contributed by atoms with Gasteiger partial charge in [0.15, 0.2) is 0 Å². The second kappa shape index (κ2) is 4.39. The number of hydrogen-bond acceptors (Lipinski definition) is 2. The Morgan fingerprint density at radius 3 is 3.19 bits per heavy atom. The molecular weight excluding hydrogens is 202 g/mol. The lowest BCUT2D eigenvalue weighted by atomic mass is 10.0. The van der Waals surface area contributed by atoms with E-state index in [1.165, 1.54) is 11.6 Å². The van der Waals surface area contributed by atoms with Crippen molar-refractivity contribution in [3.05, 3.63) is 42.0 Å². The Kier molecular flexibility index (Phi) is 2.95. The van der Waals surface area contributed by atoms with Crippen molar-refractivity contribution in [3.8, 4) is 5.75 Å². The van der Waals surface area contributed by atoms with Gasteiger partial charge in [0.1, 0.15) is 5.75 Å². The third kappa shape index (κ3) is 2.08. The van der Waals surface area contributed by atoms with E-state index in [2.05, 4.69) is 18.0 Å². The zero-order chi connectivity index (χ0) is 11.5. The smallest absolute Gasteiger partial charge is 0.243 e. The molecule has 1 heterocycles. The average molecular weight is 217 g/mol. The Hall–Kier alpha value is -1.77. The van der Waals surface area contributed by atoms with E-state index in [-0.39, 0.29) is 11.9 Å². The van der Waals surface area contributed by atoms with Gasteiger partial charge in [-0.1, -0.05) is 12.6 Å². The van der Waals surface area contributed by atoms with Crippen molar-refractivity contribution in [1.29, 1.82) is 0 Å². The summed E-state index contributed by atoms with van der Waals surface area (Å²) in [6.07, 6.45) is 2.23. The fourth-order valence-electron chi connectivity index (χ4n) is 1.83. The van der Waals surface area contributed by atoms with Crippen LogP contribution in [0.25, 0.3) is 0 Å². The molecular formula is C13H15NO2. The maximum absolute atomic E-state index is 11.2. The van der Waals surface area contributed by atoms with Crippen LogP contribution in [0.3, 0.4) is 0 Å². The van der Waals surface area contributed by atoms with Gasteiger partial charge in [-0.25, -0.2) is 0 Å². The molecule has 1 amide bonds. The van der Waals surface area contributed by atoms with Crippen molar-refractivity contribution in [2.24, 2.45) is 0 Å². The minimum absolute atomic E-state index is 0.00333. The van der Waals surface area contributed by atoms with Crippen LogP contribution in [0.15, 0.2) is 30.9 Å². The molecule has 2 rings (SSSR count). The van der Waals surface area contributed by atoms with E-state index in [9.17, 15) is 4.79 Å². The monoisotopic (exact) mass is 217 g/mol. The summed E-state index contributed by atoms with van der Waals surface area (Å²) in [5.41, 5.74) is 2.32. The molecule has 3 nitrogen and oxygen atoms in total. The summed E-state index contributed by atoms with van der Waals surface area (Å²) in [5.74, 6) is 0.815. The zero-order valence-electron chi connectivity index (χ0n) is 9.32. The van der Waals surface area contributed by atoms with Gasteiger partial charge in [-0.2, -0.15) is 0 Å². The standard InChI is InChI=1S/C13H15NO2/c1-3-13(15)14-9(2)10-4-5-12-11(8-10)6-7-16-12/h3-5,8-9H,1,6-7H2,2H3,(H,14,15)/t9-/m1/s1. The normalized spacial score (nSPS) is 14.8. The largest absolute Gasteiger partial charge is 0.493 e.